The average Bonchev–Trinajstić information content (AvgIpc) is 2.60. The van der Waals surface area contributed by atoms with Crippen molar-refractivity contribution >= 4 is 21.8 Å². The summed E-state index contributed by atoms with van der Waals surface area (Å²) in [5.74, 6) is 0.0768. The molecule has 0 spiro atoms. The zero-order valence-electron chi connectivity index (χ0n) is 9.19. The first-order chi connectivity index (χ1) is 7.59. The third-order valence-electron chi connectivity index (χ3n) is 3.17. The fourth-order valence-electron chi connectivity index (χ4n) is 2.01. The van der Waals surface area contributed by atoms with Crippen LogP contribution in [0.5, 0.6) is 0 Å². The molecule has 1 aliphatic rings. The predicted molar refractivity (Wildman–Crippen MR) is 67.2 cm³/mol. The maximum Gasteiger partial charge on any atom is 0.254 e. The summed E-state index contributed by atoms with van der Waals surface area (Å²) < 4.78 is 0.982. The Morgan fingerprint density at radius 3 is 2.56 bits per heavy atom. The Hall–Kier alpha value is -0.870. The standard InChI is InChI=1S/C12H15BrN2O/c1-8-11(14)6-7-15(8)12(16)9-2-4-10(13)5-3-9/h2-5,8,11H,6-7,14H2,1H3. The number of likely N-dealkylation sites (tertiary alicyclic amines) is 1. The minimum atomic E-state index is 0.0768. The molecule has 1 aromatic rings. The summed E-state index contributed by atoms with van der Waals surface area (Å²) in [5.41, 5.74) is 6.63. The quantitative estimate of drug-likeness (QED) is 0.857. The Balaban J connectivity index is 2.16. The highest BCUT2D eigenvalue weighted by Gasteiger charge is 2.31. The van der Waals surface area contributed by atoms with Gasteiger partial charge in [-0.1, -0.05) is 15.9 Å². The summed E-state index contributed by atoms with van der Waals surface area (Å²) in [5, 5.41) is 0. The molecule has 1 aromatic carbocycles. The Bertz CT molecular complexity index is 391. The van der Waals surface area contributed by atoms with Gasteiger partial charge in [-0.3, -0.25) is 4.79 Å². The fraction of sp³-hybridized carbons (Fsp3) is 0.417. The van der Waals surface area contributed by atoms with E-state index in [0.717, 1.165) is 23.0 Å². The van der Waals surface area contributed by atoms with Crippen LogP contribution in [-0.4, -0.2) is 29.4 Å². The second kappa shape index (κ2) is 4.55. The highest BCUT2D eigenvalue weighted by atomic mass is 79.9. The highest BCUT2D eigenvalue weighted by molar-refractivity contribution is 9.10. The molecule has 1 heterocycles. The van der Waals surface area contributed by atoms with Crippen molar-refractivity contribution < 1.29 is 4.79 Å². The van der Waals surface area contributed by atoms with E-state index in [0.29, 0.717) is 0 Å². The first-order valence-corrected chi connectivity index (χ1v) is 6.21. The van der Waals surface area contributed by atoms with Gasteiger partial charge >= 0.3 is 0 Å². The van der Waals surface area contributed by atoms with E-state index in [-0.39, 0.29) is 18.0 Å². The number of benzene rings is 1. The van der Waals surface area contributed by atoms with Crippen LogP contribution in [-0.2, 0) is 0 Å². The molecule has 0 bridgehead atoms. The van der Waals surface area contributed by atoms with Crippen LogP contribution in [0.2, 0.25) is 0 Å². The van der Waals surface area contributed by atoms with E-state index >= 15 is 0 Å². The van der Waals surface area contributed by atoms with Crippen molar-refractivity contribution in [3.8, 4) is 0 Å². The third-order valence-corrected chi connectivity index (χ3v) is 3.70. The second-order valence-corrected chi connectivity index (χ2v) is 5.11. The van der Waals surface area contributed by atoms with Crippen LogP contribution >= 0.6 is 15.9 Å². The largest absolute Gasteiger partial charge is 0.334 e. The summed E-state index contributed by atoms with van der Waals surface area (Å²) in [6, 6.07) is 7.68. The summed E-state index contributed by atoms with van der Waals surface area (Å²) in [7, 11) is 0. The number of carbonyl (C=O) groups is 1. The zero-order valence-corrected chi connectivity index (χ0v) is 10.8. The lowest BCUT2D eigenvalue weighted by Gasteiger charge is -2.23. The van der Waals surface area contributed by atoms with Gasteiger partial charge < -0.3 is 10.6 Å². The molecule has 3 nitrogen and oxygen atoms in total. The highest BCUT2D eigenvalue weighted by Crippen LogP contribution is 2.20. The first kappa shape index (κ1) is 11.6. The molecule has 2 atom stereocenters. The van der Waals surface area contributed by atoms with E-state index < -0.39 is 0 Å². The number of rotatable bonds is 1. The van der Waals surface area contributed by atoms with Crippen LogP contribution < -0.4 is 5.73 Å². The van der Waals surface area contributed by atoms with E-state index in [1.165, 1.54) is 0 Å². The Morgan fingerprint density at radius 1 is 1.44 bits per heavy atom. The number of hydrogen-bond donors (Lipinski definition) is 1. The molecule has 1 saturated heterocycles. The number of hydrogen-bond acceptors (Lipinski definition) is 2. The van der Waals surface area contributed by atoms with Gasteiger partial charge in [-0.2, -0.15) is 0 Å². The second-order valence-electron chi connectivity index (χ2n) is 4.20. The lowest BCUT2D eigenvalue weighted by Crippen LogP contribution is -2.40. The molecule has 0 aromatic heterocycles. The molecule has 4 heteroatoms. The SMILES string of the molecule is CC1C(N)CCN1C(=O)c1ccc(Br)cc1. The van der Waals surface area contributed by atoms with Gasteiger partial charge in [0, 0.05) is 28.7 Å². The van der Waals surface area contributed by atoms with Gasteiger partial charge in [0.25, 0.3) is 5.91 Å². The van der Waals surface area contributed by atoms with Crippen LogP contribution in [0.1, 0.15) is 23.7 Å². The number of halogens is 1. The van der Waals surface area contributed by atoms with Crippen molar-refractivity contribution in [2.75, 3.05) is 6.54 Å². The Labute approximate surface area is 104 Å². The molecule has 0 radical (unpaired) electrons. The van der Waals surface area contributed by atoms with Crippen molar-refractivity contribution in [2.24, 2.45) is 5.73 Å². The molecule has 2 N–H and O–H groups in total. The number of carbonyl (C=O) groups excluding carboxylic acids is 1. The Morgan fingerprint density at radius 2 is 2.06 bits per heavy atom. The van der Waals surface area contributed by atoms with Crippen LogP contribution in [0.3, 0.4) is 0 Å². The zero-order chi connectivity index (χ0) is 11.7. The number of amides is 1. The van der Waals surface area contributed by atoms with Crippen molar-refractivity contribution in [3.05, 3.63) is 34.3 Å². The van der Waals surface area contributed by atoms with Crippen molar-refractivity contribution in [3.63, 3.8) is 0 Å². The lowest BCUT2D eigenvalue weighted by molar-refractivity contribution is 0.0742. The minimum absolute atomic E-state index is 0.0768. The lowest BCUT2D eigenvalue weighted by atomic mass is 10.1. The number of nitrogens with zero attached hydrogens (tertiary/aromatic N) is 1. The molecular weight excluding hydrogens is 268 g/mol. The van der Waals surface area contributed by atoms with Gasteiger partial charge in [-0.05, 0) is 37.6 Å². The van der Waals surface area contributed by atoms with Crippen LogP contribution in [0.25, 0.3) is 0 Å². The van der Waals surface area contributed by atoms with Crippen LogP contribution in [0, 0.1) is 0 Å². The first-order valence-electron chi connectivity index (χ1n) is 5.41. The monoisotopic (exact) mass is 282 g/mol. The van der Waals surface area contributed by atoms with Crippen LogP contribution in [0.4, 0.5) is 0 Å². The average molecular weight is 283 g/mol. The molecule has 1 fully saturated rings. The van der Waals surface area contributed by atoms with Crippen LogP contribution in [0.15, 0.2) is 28.7 Å². The maximum atomic E-state index is 12.2. The van der Waals surface area contributed by atoms with Gasteiger partial charge in [0.05, 0.1) is 0 Å². The van der Waals surface area contributed by atoms with E-state index in [9.17, 15) is 4.79 Å². The topological polar surface area (TPSA) is 46.3 Å². The van der Waals surface area contributed by atoms with E-state index in [1.54, 1.807) is 0 Å². The molecule has 86 valence electrons. The van der Waals surface area contributed by atoms with Crippen molar-refractivity contribution in [2.45, 2.75) is 25.4 Å². The van der Waals surface area contributed by atoms with Gasteiger partial charge in [0.1, 0.15) is 0 Å². The molecular formula is C12H15BrN2O. The normalized spacial score (nSPS) is 24.8. The van der Waals surface area contributed by atoms with Gasteiger partial charge in [-0.25, -0.2) is 0 Å². The van der Waals surface area contributed by atoms with E-state index in [2.05, 4.69) is 15.9 Å². The predicted octanol–water partition coefficient (Wildman–Crippen LogP) is 2.01. The molecule has 16 heavy (non-hydrogen) atoms. The summed E-state index contributed by atoms with van der Waals surface area (Å²) >= 11 is 3.35. The Kier molecular flexibility index (Phi) is 3.30. The van der Waals surface area contributed by atoms with E-state index in [4.69, 9.17) is 5.73 Å². The van der Waals surface area contributed by atoms with Gasteiger partial charge in [-0.15, -0.1) is 0 Å². The molecule has 2 rings (SSSR count). The molecule has 1 amide bonds. The van der Waals surface area contributed by atoms with E-state index in [1.807, 2.05) is 36.1 Å². The minimum Gasteiger partial charge on any atom is -0.334 e. The summed E-state index contributed by atoms with van der Waals surface area (Å²) in [6.07, 6.45) is 0.892. The van der Waals surface area contributed by atoms with Gasteiger partial charge in [0.2, 0.25) is 0 Å². The number of nitrogens with two attached hydrogens (primary N) is 1. The van der Waals surface area contributed by atoms with Crippen molar-refractivity contribution in [1.82, 2.24) is 4.90 Å². The van der Waals surface area contributed by atoms with Gasteiger partial charge in [0.15, 0.2) is 0 Å². The fourth-order valence-corrected chi connectivity index (χ4v) is 2.27. The van der Waals surface area contributed by atoms with Crippen molar-refractivity contribution in [1.29, 1.82) is 0 Å². The third kappa shape index (κ3) is 2.13. The molecule has 0 saturated carbocycles. The summed E-state index contributed by atoms with van der Waals surface area (Å²) in [6.45, 7) is 2.77. The maximum absolute atomic E-state index is 12.2. The summed E-state index contributed by atoms with van der Waals surface area (Å²) in [4.78, 5) is 14.0. The molecule has 0 aliphatic carbocycles. The smallest absolute Gasteiger partial charge is 0.254 e. The molecule has 2 unspecified atom stereocenters. The molecule has 1 aliphatic heterocycles.